The van der Waals surface area contributed by atoms with Gasteiger partial charge in [0.1, 0.15) is 12.2 Å². The van der Waals surface area contributed by atoms with Crippen molar-refractivity contribution in [2.45, 2.75) is 31.0 Å². The molecule has 0 aliphatic carbocycles. The highest BCUT2D eigenvalue weighted by Crippen LogP contribution is 2.25. The van der Waals surface area contributed by atoms with Crippen LogP contribution in [-0.2, 0) is 25.5 Å². The van der Waals surface area contributed by atoms with Crippen LogP contribution in [0, 0.1) is 11.8 Å². The standard InChI is InChI=1S/C26H27NO7/c1-32-26(31)25-23(30)22(29)24(34-25)21(28)20-10-8-18(9-11-20)3-2-17-4-6-19(7-5-17)16-27-12-14-33-15-13-27/h4-11,22-25,29-30H,12-16H2,1H3/t22-,23+,24-,25-/m0/s1. The maximum absolute atomic E-state index is 12.7. The van der Waals surface area contributed by atoms with E-state index in [1.54, 1.807) is 24.3 Å². The Labute approximate surface area is 198 Å². The molecule has 2 saturated heterocycles. The monoisotopic (exact) mass is 465 g/mol. The number of hydrogen-bond acceptors (Lipinski definition) is 8. The lowest BCUT2D eigenvalue weighted by molar-refractivity contribution is -0.156. The van der Waals surface area contributed by atoms with E-state index in [1.165, 1.54) is 5.56 Å². The Morgan fingerprint density at radius 2 is 1.50 bits per heavy atom. The molecule has 2 aromatic rings. The maximum Gasteiger partial charge on any atom is 0.337 e. The van der Waals surface area contributed by atoms with E-state index in [1.807, 2.05) is 12.1 Å². The molecule has 0 unspecified atom stereocenters. The predicted molar refractivity (Wildman–Crippen MR) is 122 cm³/mol. The first-order valence-corrected chi connectivity index (χ1v) is 11.1. The molecule has 8 heteroatoms. The number of ether oxygens (including phenoxy) is 3. The lowest BCUT2D eigenvalue weighted by atomic mass is 9.99. The van der Waals surface area contributed by atoms with Gasteiger partial charge in [-0.25, -0.2) is 4.79 Å². The quantitative estimate of drug-likeness (QED) is 0.379. The number of methoxy groups -OCH3 is 1. The number of ketones is 1. The average molecular weight is 466 g/mol. The summed E-state index contributed by atoms with van der Waals surface area (Å²) < 4.78 is 15.2. The number of benzene rings is 2. The van der Waals surface area contributed by atoms with E-state index < -0.39 is 36.2 Å². The van der Waals surface area contributed by atoms with Gasteiger partial charge in [-0.1, -0.05) is 36.1 Å². The van der Waals surface area contributed by atoms with Crippen molar-refractivity contribution < 1.29 is 34.0 Å². The van der Waals surface area contributed by atoms with Crippen LogP contribution in [0.5, 0.6) is 0 Å². The molecule has 0 saturated carbocycles. The lowest BCUT2D eigenvalue weighted by Crippen LogP contribution is -2.38. The highest BCUT2D eigenvalue weighted by atomic mass is 16.6. The van der Waals surface area contributed by atoms with Crippen molar-refractivity contribution in [1.29, 1.82) is 0 Å². The molecule has 4 atom stereocenters. The van der Waals surface area contributed by atoms with Crippen LogP contribution in [0.15, 0.2) is 48.5 Å². The number of rotatable bonds is 5. The van der Waals surface area contributed by atoms with Crippen LogP contribution in [0.2, 0.25) is 0 Å². The summed E-state index contributed by atoms with van der Waals surface area (Å²) in [5.41, 5.74) is 3.11. The second-order valence-electron chi connectivity index (χ2n) is 8.26. The van der Waals surface area contributed by atoms with Crippen molar-refractivity contribution in [1.82, 2.24) is 4.90 Å². The molecule has 0 amide bonds. The van der Waals surface area contributed by atoms with E-state index in [4.69, 9.17) is 9.47 Å². The summed E-state index contributed by atoms with van der Waals surface area (Å²) in [6.07, 6.45) is -5.82. The molecular formula is C26H27NO7. The van der Waals surface area contributed by atoms with Crippen LogP contribution in [0.25, 0.3) is 0 Å². The number of Topliss-reactive ketones (excluding diaryl/α,β-unsaturated/α-hetero) is 1. The minimum atomic E-state index is -1.54. The molecule has 0 spiro atoms. The van der Waals surface area contributed by atoms with Crippen molar-refractivity contribution in [3.05, 3.63) is 70.8 Å². The Bertz CT molecular complexity index is 1070. The number of nitrogens with zero attached hydrogens (tertiary/aromatic N) is 1. The van der Waals surface area contributed by atoms with Gasteiger partial charge in [0.05, 0.1) is 20.3 Å². The van der Waals surface area contributed by atoms with Crippen molar-refractivity contribution >= 4 is 11.8 Å². The molecule has 178 valence electrons. The normalized spacial score (nSPS) is 24.8. The summed E-state index contributed by atoms with van der Waals surface area (Å²) in [5.74, 6) is 4.81. The van der Waals surface area contributed by atoms with Crippen LogP contribution < -0.4 is 0 Å². The van der Waals surface area contributed by atoms with E-state index in [9.17, 15) is 19.8 Å². The van der Waals surface area contributed by atoms with Crippen molar-refractivity contribution in [3.8, 4) is 11.8 Å². The fourth-order valence-corrected chi connectivity index (χ4v) is 3.94. The van der Waals surface area contributed by atoms with Gasteiger partial charge in [0.15, 0.2) is 18.0 Å². The molecule has 0 radical (unpaired) electrons. The first-order chi connectivity index (χ1) is 16.5. The molecule has 0 bridgehead atoms. The molecule has 8 nitrogen and oxygen atoms in total. The SMILES string of the molecule is COC(=O)[C@H]1O[C@@H](C(=O)c2ccc(C#Cc3ccc(CN4CCOCC4)cc3)cc2)[C@@H](O)[C@H]1O. The number of carbonyl (C=O) groups is 2. The fourth-order valence-electron chi connectivity index (χ4n) is 3.94. The number of carbonyl (C=O) groups excluding carboxylic acids is 2. The van der Waals surface area contributed by atoms with E-state index in [0.717, 1.165) is 45.5 Å². The molecule has 2 aliphatic heterocycles. The summed E-state index contributed by atoms with van der Waals surface area (Å²) in [7, 11) is 1.14. The van der Waals surface area contributed by atoms with E-state index in [-0.39, 0.29) is 5.56 Å². The first kappa shape index (κ1) is 24.1. The third-order valence-electron chi connectivity index (χ3n) is 5.94. The number of hydrogen-bond donors (Lipinski definition) is 2. The van der Waals surface area contributed by atoms with Gasteiger partial charge in [0.2, 0.25) is 0 Å². The van der Waals surface area contributed by atoms with E-state index >= 15 is 0 Å². The Morgan fingerprint density at radius 1 is 0.941 bits per heavy atom. The molecule has 2 aromatic carbocycles. The number of morpholine rings is 1. The Balaban J connectivity index is 1.37. The Morgan fingerprint density at radius 3 is 2.09 bits per heavy atom. The second kappa shape index (κ2) is 10.9. The molecule has 0 aromatic heterocycles. The van der Waals surface area contributed by atoms with E-state index in [0.29, 0.717) is 5.56 Å². The van der Waals surface area contributed by atoms with Gasteiger partial charge in [-0.2, -0.15) is 0 Å². The van der Waals surface area contributed by atoms with Crippen molar-refractivity contribution in [3.63, 3.8) is 0 Å². The van der Waals surface area contributed by atoms with Crippen molar-refractivity contribution in [2.75, 3.05) is 33.4 Å². The summed E-state index contributed by atoms with van der Waals surface area (Å²) in [4.78, 5) is 26.8. The first-order valence-electron chi connectivity index (χ1n) is 11.1. The smallest absolute Gasteiger partial charge is 0.337 e. The van der Waals surface area contributed by atoms with Gasteiger partial charge < -0.3 is 24.4 Å². The summed E-state index contributed by atoms with van der Waals surface area (Å²) in [6.45, 7) is 4.33. The third-order valence-corrected chi connectivity index (χ3v) is 5.94. The third kappa shape index (κ3) is 5.53. The van der Waals surface area contributed by atoms with Crippen LogP contribution in [0.3, 0.4) is 0 Å². The van der Waals surface area contributed by atoms with Crippen LogP contribution in [0.4, 0.5) is 0 Å². The maximum atomic E-state index is 12.7. The lowest BCUT2D eigenvalue weighted by Gasteiger charge is -2.26. The predicted octanol–water partition coefficient (Wildman–Crippen LogP) is 0.763. The van der Waals surface area contributed by atoms with Crippen molar-refractivity contribution in [2.24, 2.45) is 0 Å². The van der Waals surface area contributed by atoms with Crippen LogP contribution in [-0.4, -0.2) is 84.7 Å². The zero-order valence-electron chi connectivity index (χ0n) is 18.8. The van der Waals surface area contributed by atoms with Gasteiger partial charge in [0, 0.05) is 36.3 Å². The highest BCUT2D eigenvalue weighted by molar-refractivity contribution is 6.00. The zero-order chi connectivity index (χ0) is 24.1. The van der Waals surface area contributed by atoms with Gasteiger partial charge in [-0.3, -0.25) is 9.69 Å². The fraction of sp³-hybridized carbons (Fsp3) is 0.385. The number of aliphatic hydroxyl groups is 2. The number of esters is 1. The molecule has 4 rings (SSSR count). The molecule has 2 aliphatic rings. The Kier molecular flexibility index (Phi) is 7.73. The zero-order valence-corrected chi connectivity index (χ0v) is 18.8. The van der Waals surface area contributed by atoms with Gasteiger partial charge in [0.25, 0.3) is 0 Å². The number of aliphatic hydroxyl groups excluding tert-OH is 2. The second-order valence-corrected chi connectivity index (χ2v) is 8.26. The van der Waals surface area contributed by atoms with E-state index in [2.05, 4.69) is 33.6 Å². The molecule has 34 heavy (non-hydrogen) atoms. The topological polar surface area (TPSA) is 106 Å². The largest absolute Gasteiger partial charge is 0.467 e. The average Bonchev–Trinajstić information content (AvgIpc) is 3.18. The molecule has 2 fully saturated rings. The highest BCUT2D eigenvalue weighted by Gasteiger charge is 2.50. The van der Waals surface area contributed by atoms with Gasteiger partial charge in [-0.15, -0.1) is 0 Å². The Hall–Kier alpha value is -3.06. The van der Waals surface area contributed by atoms with Gasteiger partial charge >= 0.3 is 5.97 Å². The van der Waals surface area contributed by atoms with Gasteiger partial charge in [-0.05, 0) is 29.8 Å². The minimum Gasteiger partial charge on any atom is -0.467 e. The molecule has 2 heterocycles. The minimum absolute atomic E-state index is 0.278. The summed E-state index contributed by atoms with van der Waals surface area (Å²) in [6, 6.07) is 14.7. The summed E-state index contributed by atoms with van der Waals surface area (Å²) in [5, 5.41) is 20.1. The summed E-state index contributed by atoms with van der Waals surface area (Å²) >= 11 is 0. The van der Waals surface area contributed by atoms with Crippen LogP contribution in [0.1, 0.15) is 27.0 Å². The molecular weight excluding hydrogens is 438 g/mol. The van der Waals surface area contributed by atoms with Crippen LogP contribution >= 0.6 is 0 Å². The molecule has 2 N–H and O–H groups in total.